The molecule has 6 heterocycles. The maximum Gasteiger partial charge on any atom is 0.320 e. The van der Waals surface area contributed by atoms with Crippen molar-refractivity contribution in [1.82, 2.24) is 39.0 Å². The minimum atomic E-state index is -4.27. The predicted molar refractivity (Wildman–Crippen MR) is 276 cm³/mol. The zero-order chi connectivity index (χ0) is 56.4. The molecule has 12 atom stereocenters. The third-order valence-corrected chi connectivity index (χ3v) is 17.1. The summed E-state index contributed by atoms with van der Waals surface area (Å²) in [7, 11) is -9.01. The SMILES string of the molecule is C[S+](CC[C@H](N)C(=O)O)C[C@H]1O[C@@H](n2cnc3c(N)ncnc32)[C@H](O)[C@@H]1O.C[S+](CC[C@H](N)C(=O)O)C[C@H]1O[C@@H](n2cnc3c(N)ncnc32)[C@H](O)[C@@H]1O.Cc1ccc(S(=O)(=O)[O-])cc1.Cc1ccc(S(=O)(=O)[O-])cc1. The highest BCUT2D eigenvalue weighted by Crippen LogP contribution is 2.34. The molecule has 0 spiro atoms. The second kappa shape index (κ2) is 26.6. The van der Waals surface area contributed by atoms with Gasteiger partial charge in [-0.1, -0.05) is 35.4 Å². The van der Waals surface area contributed by atoms with Crippen molar-refractivity contribution in [2.75, 3.05) is 47.0 Å². The maximum absolute atomic E-state index is 10.8. The molecule has 76 heavy (non-hydrogen) atoms. The molecule has 2 saturated heterocycles. The monoisotopic (exact) mass is 1140 g/mol. The van der Waals surface area contributed by atoms with Gasteiger partial charge in [0.2, 0.25) is 0 Å². The third-order valence-electron chi connectivity index (χ3n) is 11.7. The van der Waals surface area contributed by atoms with Crippen molar-refractivity contribution < 1.29 is 75.6 Å². The molecule has 2 aromatic carbocycles. The molecule has 0 saturated carbocycles. The standard InChI is InChI=1S/2C15H22N6O5S.2C7H8O3S/c2*1-27(3-2-7(16)15(24)25)4-8-10(22)11(23)14(26-8)21-6-20-9-12(17)18-5-19-13(9)21;2*1-6-2-4-7(5-3-6)11(8,9)10/h2*5-8,10-11,14,22-23H,2-4,16H2,1H3,(H2-,17,18,19,24,25);2*2-5H,1H3,(H,8,9,10)/t2*7-,8+,10+,11+,14+,27?;;/m00../s1. The number of aryl methyl sites for hydroxylation is 2. The first-order chi connectivity index (χ1) is 35.6. The van der Waals surface area contributed by atoms with Crippen LogP contribution in [-0.2, 0) is 61.1 Å². The van der Waals surface area contributed by atoms with Crippen LogP contribution in [0.2, 0.25) is 0 Å². The molecule has 28 nitrogen and oxygen atoms in total. The summed E-state index contributed by atoms with van der Waals surface area (Å²) >= 11 is 0. The molecular weight excluding hydrogens is 1080 g/mol. The number of hydrogen-bond acceptors (Lipinski definition) is 24. The van der Waals surface area contributed by atoms with Crippen LogP contribution in [0.4, 0.5) is 11.6 Å². The number of nitrogen functional groups attached to an aromatic ring is 2. The number of carboxylic acids is 2. The van der Waals surface area contributed by atoms with E-state index in [2.05, 4.69) is 29.9 Å². The average Bonchev–Trinajstić information content (AvgIpc) is 4.13. The first kappa shape index (κ1) is 61.1. The van der Waals surface area contributed by atoms with Crippen LogP contribution >= 0.6 is 0 Å². The molecule has 0 aliphatic carbocycles. The Morgan fingerprint density at radius 1 is 0.605 bits per heavy atom. The smallest absolute Gasteiger partial charge is 0.320 e. The number of ether oxygens (including phenoxy) is 2. The lowest BCUT2D eigenvalue weighted by Gasteiger charge is -2.16. The van der Waals surface area contributed by atoms with Crippen molar-refractivity contribution in [1.29, 1.82) is 0 Å². The number of nitrogens with two attached hydrogens (primary N) is 4. The first-order valence-corrected chi connectivity index (χ1v) is 29.4. The quantitative estimate of drug-likeness (QED) is 0.0368. The van der Waals surface area contributed by atoms with Gasteiger partial charge in [-0.25, -0.2) is 46.7 Å². The Morgan fingerprint density at radius 2 is 0.934 bits per heavy atom. The molecule has 8 rings (SSSR count). The van der Waals surface area contributed by atoms with E-state index in [9.17, 15) is 56.0 Å². The number of aliphatic hydroxyl groups is 4. The van der Waals surface area contributed by atoms with E-state index in [1.165, 1.54) is 58.7 Å². The lowest BCUT2D eigenvalue weighted by molar-refractivity contribution is -0.139. The number of nitrogens with zero attached hydrogens (tertiary/aromatic N) is 8. The molecule has 4 aromatic heterocycles. The van der Waals surface area contributed by atoms with Crippen molar-refractivity contribution >= 4 is 87.9 Å². The van der Waals surface area contributed by atoms with Gasteiger partial charge in [-0.3, -0.25) is 18.7 Å². The van der Waals surface area contributed by atoms with Gasteiger partial charge in [0, 0.05) is 12.8 Å². The Morgan fingerprint density at radius 3 is 1.24 bits per heavy atom. The van der Waals surface area contributed by atoms with Gasteiger partial charge in [0.1, 0.15) is 116 Å². The number of aliphatic carboxylic acids is 2. The largest absolute Gasteiger partial charge is 0.744 e. The summed E-state index contributed by atoms with van der Waals surface area (Å²) < 4.78 is 77.1. The molecule has 6 aromatic rings. The van der Waals surface area contributed by atoms with Crippen molar-refractivity contribution in [3.05, 3.63) is 85.0 Å². The highest BCUT2D eigenvalue weighted by Gasteiger charge is 2.48. The van der Waals surface area contributed by atoms with Crippen LogP contribution in [0.25, 0.3) is 22.3 Å². The number of rotatable bonds is 16. The van der Waals surface area contributed by atoms with Crippen LogP contribution in [0.15, 0.2) is 83.6 Å². The molecule has 2 unspecified atom stereocenters. The molecule has 416 valence electrons. The van der Waals surface area contributed by atoms with E-state index in [4.69, 9.17) is 42.6 Å². The Kier molecular flexibility index (Phi) is 21.4. The summed E-state index contributed by atoms with van der Waals surface area (Å²) in [6.45, 7) is 3.64. The summed E-state index contributed by atoms with van der Waals surface area (Å²) in [5, 5.41) is 59.4. The fourth-order valence-corrected chi connectivity index (χ4v) is 11.6. The van der Waals surface area contributed by atoms with E-state index in [1.54, 1.807) is 24.3 Å². The van der Waals surface area contributed by atoms with Crippen molar-refractivity contribution in [2.24, 2.45) is 11.5 Å². The number of carbonyl (C=O) groups is 2. The number of carboxylic acid groups (broad SMARTS) is 2. The normalized spacial score (nSPS) is 23.0. The van der Waals surface area contributed by atoms with Crippen molar-refractivity contribution in [3.63, 3.8) is 0 Å². The summed E-state index contributed by atoms with van der Waals surface area (Å²) in [4.78, 5) is 45.5. The minimum Gasteiger partial charge on any atom is -0.744 e. The van der Waals surface area contributed by atoms with Crippen LogP contribution in [0.3, 0.4) is 0 Å². The summed E-state index contributed by atoms with van der Waals surface area (Å²) in [6.07, 6.45) is 2.62. The molecule has 2 aliphatic heterocycles. The molecular formula is C44H60N12O16S4. The average molecular weight is 1140 g/mol. The van der Waals surface area contributed by atoms with E-state index in [-0.39, 0.29) is 43.2 Å². The number of benzene rings is 2. The third kappa shape index (κ3) is 16.2. The summed E-state index contributed by atoms with van der Waals surface area (Å²) in [6, 6.07) is 9.75. The van der Waals surface area contributed by atoms with Gasteiger partial charge in [0.05, 0.1) is 35.0 Å². The maximum atomic E-state index is 10.8. The number of hydrogen-bond donors (Lipinski definition) is 10. The van der Waals surface area contributed by atoms with Gasteiger partial charge in [0.15, 0.2) is 35.4 Å². The lowest BCUT2D eigenvalue weighted by atomic mass is 10.1. The molecule has 0 bridgehead atoms. The zero-order valence-corrected chi connectivity index (χ0v) is 44.5. The van der Waals surface area contributed by atoms with Crippen LogP contribution < -0.4 is 22.9 Å². The van der Waals surface area contributed by atoms with Gasteiger partial charge in [0.25, 0.3) is 0 Å². The van der Waals surface area contributed by atoms with E-state index in [1.807, 2.05) is 26.4 Å². The van der Waals surface area contributed by atoms with E-state index < -0.39 is 93.3 Å². The molecule has 14 N–H and O–H groups in total. The molecule has 2 fully saturated rings. The Bertz CT molecular complexity index is 2910. The van der Waals surface area contributed by atoms with Crippen molar-refractivity contribution in [2.45, 2.75) is 97.6 Å². The Hall–Kier alpha value is -5.72. The Balaban J connectivity index is 0.000000203. The highest BCUT2D eigenvalue weighted by molar-refractivity contribution is 7.96. The molecule has 2 aliphatic rings. The van der Waals surface area contributed by atoms with Gasteiger partial charge < -0.3 is 72.2 Å². The molecule has 0 amide bonds. The summed E-state index contributed by atoms with van der Waals surface area (Å²) in [5.74, 6) is 0.509. The number of aliphatic hydroxyl groups excluding tert-OH is 4. The summed E-state index contributed by atoms with van der Waals surface area (Å²) in [5.41, 5.74) is 26.0. The van der Waals surface area contributed by atoms with Crippen molar-refractivity contribution in [3.8, 4) is 0 Å². The molecule has 0 radical (unpaired) electrons. The topological polar surface area (TPSA) is 480 Å². The van der Waals surface area contributed by atoms with Crippen LogP contribution in [-0.4, -0.2) is 192 Å². The minimum absolute atomic E-state index is 0.178. The predicted octanol–water partition coefficient (Wildman–Crippen LogP) is -2.05. The molecule has 32 heteroatoms. The van der Waals surface area contributed by atoms with Crippen LogP contribution in [0.1, 0.15) is 36.4 Å². The van der Waals surface area contributed by atoms with Gasteiger partial charge in [-0.2, -0.15) is 0 Å². The second-order valence-corrected chi connectivity index (χ2v) is 24.9. The number of aromatic nitrogens is 8. The zero-order valence-electron chi connectivity index (χ0n) is 41.2. The number of anilines is 2. The number of imidazole rings is 2. The first-order valence-electron chi connectivity index (χ1n) is 22.7. The van der Waals surface area contributed by atoms with Gasteiger partial charge >= 0.3 is 11.9 Å². The second-order valence-electron chi connectivity index (χ2n) is 17.6. The van der Waals surface area contributed by atoms with Gasteiger partial charge in [-0.15, -0.1) is 0 Å². The fourth-order valence-electron chi connectivity index (χ4n) is 7.35. The van der Waals surface area contributed by atoms with Gasteiger partial charge in [-0.05, 0) is 59.9 Å². The highest BCUT2D eigenvalue weighted by atomic mass is 32.2. The van der Waals surface area contributed by atoms with Crippen LogP contribution in [0, 0.1) is 13.8 Å². The van der Waals surface area contributed by atoms with E-state index >= 15 is 0 Å². The van der Waals surface area contributed by atoms with Crippen LogP contribution in [0.5, 0.6) is 0 Å². The Labute approximate surface area is 441 Å². The number of fused-ring (bicyclic) bond motifs is 2. The lowest BCUT2D eigenvalue weighted by Crippen LogP contribution is -2.37. The van der Waals surface area contributed by atoms with E-state index in [0.29, 0.717) is 58.2 Å². The fraction of sp³-hybridized carbons (Fsp3) is 0.455. The van der Waals surface area contributed by atoms with E-state index in [0.717, 1.165) is 11.1 Å².